The molecule has 0 amide bonds. The summed E-state index contributed by atoms with van der Waals surface area (Å²) in [5, 5.41) is 2.54. The molecule has 48 heavy (non-hydrogen) atoms. The van der Waals surface area contributed by atoms with Gasteiger partial charge < -0.3 is 9.55 Å². The van der Waals surface area contributed by atoms with Gasteiger partial charge in [0, 0.05) is 53.4 Å². The van der Waals surface area contributed by atoms with Gasteiger partial charge in [0.25, 0.3) is 0 Å². The van der Waals surface area contributed by atoms with Crippen molar-refractivity contribution in [3.05, 3.63) is 144 Å². The van der Waals surface area contributed by atoms with Crippen LogP contribution >= 0.6 is 69.6 Å². The molecule has 0 radical (unpaired) electrons. The number of fused-ring (bicyclic) bond motifs is 8. The van der Waals surface area contributed by atoms with Crippen LogP contribution in [0.1, 0.15) is 22.8 Å². The molecule has 10 heteroatoms. The summed E-state index contributed by atoms with van der Waals surface area (Å²) in [6.45, 7) is 0. The fraction of sp³-hybridized carbons (Fsp3) is 0. The predicted molar refractivity (Wildman–Crippen MR) is 205 cm³/mol. The molecule has 8 rings (SSSR count). The summed E-state index contributed by atoms with van der Waals surface area (Å²) in [4.78, 5) is 13.3. The topological polar surface area (TPSA) is 46.5 Å². The first-order valence-corrected chi connectivity index (χ1v) is 17.0. The molecule has 5 heterocycles. The molecule has 0 aliphatic carbocycles. The number of para-hydroxylation sites is 1. The molecule has 8 bridgehead atoms. The Hall–Kier alpha value is -4.00. The average molecular weight is 745 g/mol. The molecule has 6 aromatic rings. The van der Waals surface area contributed by atoms with E-state index in [2.05, 4.69) is 4.98 Å². The third kappa shape index (κ3) is 5.53. The lowest BCUT2D eigenvalue weighted by atomic mass is 9.95. The van der Waals surface area contributed by atoms with Crippen molar-refractivity contribution in [2.45, 2.75) is 0 Å². The van der Waals surface area contributed by atoms with Crippen LogP contribution in [-0.4, -0.2) is 19.5 Å². The summed E-state index contributed by atoms with van der Waals surface area (Å²) >= 11 is 42.1. The summed E-state index contributed by atoms with van der Waals surface area (Å²) in [6, 6.07) is 28.0. The number of aromatic nitrogens is 4. The molecule has 0 fully saturated rings. The van der Waals surface area contributed by atoms with Crippen molar-refractivity contribution < 1.29 is 0 Å². The van der Waals surface area contributed by atoms with Gasteiger partial charge in [0.05, 0.1) is 49.5 Å². The van der Waals surface area contributed by atoms with E-state index in [9.17, 15) is 0 Å². The SMILES string of the molecule is Clc1cccc(Cl)c1-c1c(-c2c(Cl)cccc2Cl)c2cc3nc(cc4ccc(cc5nc(cc1n2-c1c(Cl)cccc1Cl)C=C5)[nH]4)C=C3. The zero-order valence-electron chi connectivity index (χ0n) is 24.6. The second-order valence-electron chi connectivity index (χ2n) is 11.2. The summed E-state index contributed by atoms with van der Waals surface area (Å²) in [5.41, 5.74) is 9.00. The Morgan fingerprint density at radius 2 is 0.771 bits per heavy atom. The molecular formula is C38H20Cl6N4. The van der Waals surface area contributed by atoms with Crippen molar-refractivity contribution in [1.29, 1.82) is 0 Å². The van der Waals surface area contributed by atoms with Gasteiger partial charge in [-0.1, -0.05) is 87.8 Å². The van der Waals surface area contributed by atoms with Crippen molar-refractivity contribution >= 4 is 116 Å². The van der Waals surface area contributed by atoms with E-state index in [1.165, 1.54) is 0 Å². The maximum Gasteiger partial charge on any atom is 0.0835 e. The fourth-order valence-corrected chi connectivity index (χ4v) is 7.85. The number of H-pyrrole nitrogens is 1. The van der Waals surface area contributed by atoms with Crippen molar-refractivity contribution in [2.75, 3.05) is 0 Å². The van der Waals surface area contributed by atoms with E-state index in [0.29, 0.717) is 80.5 Å². The Bertz CT molecular complexity index is 2340. The molecule has 1 N–H and O–H groups in total. The van der Waals surface area contributed by atoms with Crippen LogP contribution in [0.25, 0.3) is 74.3 Å². The number of hydrogen-bond acceptors (Lipinski definition) is 2. The van der Waals surface area contributed by atoms with Crippen LogP contribution in [0.2, 0.25) is 30.1 Å². The minimum Gasteiger partial charge on any atom is -0.355 e. The minimum atomic E-state index is 0.417. The summed E-state index contributed by atoms with van der Waals surface area (Å²) in [7, 11) is 0. The first-order valence-electron chi connectivity index (χ1n) is 14.7. The first-order chi connectivity index (χ1) is 23.2. The molecule has 0 unspecified atom stereocenters. The van der Waals surface area contributed by atoms with Crippen LogP contribution in [-0.2, 0) is 0 Å². The minimum absolute atomic E-state index is 0.417. The number of hydrogen-bond donors (Lipinski definition) is 1. The quantitative estimate of drug-likeness (QED) is 0.196. The zero-order valence-corrected chi connectivity index (χ0v) is 29.1. The second-order valence-corrected chi connectivity index (χ2v) is 13.6. The highest BCUT2D eigenvalue weighted by Crippen LogP contribution is 2.51. The maximum atomic E-state index is 7.03. The van der Waals surface area contributed by atoms with E-state index in [1.54, 1.807) is 54.6 Å². The molecule has 0 saturated carbocycles. The zero-order chi connectivity index (χ0) is 33.1. The Morgan fingerprint density at radius 3 is 1.17 bits per heavy atom. The molecule has 0 atom stereocenters. The Labute approximate surface area is 305 Å². The number of rotatable bonds is 3. The number of nitrogens with one attached hydrogen (secondary N) is 1. The van der Waals surface area contributed by atoms with Crippen LogP contribution in [0.15, 0.2) is 91.0 Å². The normalized spacial score (nSPS) is 12.2. The Kier molecular flexibility index (Phi) is 8.12. The lowest BCUT2D eigenvalue weighted by molar-refractivity contribution is 1.17. The molecule has 3 aromatic carbocycles. The van der Waals surface area contributed by atoms with E-state index in [-0.39, 0.29) is 0 Å². The molecule has 0 saturated heterocycles. The molecule has 4 nitrogen and oxygen atoms in total. The molecule has 234 valence electrons. The van der Waals surface area contributed by atoms with Gasteiger partial charge in [0.2, 0.25) is 0 Å². The number of halogens is 6. The average Bonchev–Trinajstić information content (AvgIpc) is 3.84. The van der Waals surface area contributed by atoms with Gasteiger partial charge in [-0.2, -0.15) is 0 Å². The number of benzene rings is 3. The van der Waals surface area contributed by atoms with Crippen molar-refractivity contribution in [1.82, 2.24) is 19.5 Å². The first kappa shape index (κ1) is 31.3. The lowest BCUT2D eigenvalue weighted by Gasteiger charge is -2.12. The van der Waals surface area contributed by atoms with E-state index in [1.807, 2.05) is 65.3 Å². The van der Waals surface area contributed by atoms with Crippen LogP contribution in [0, 0.1) is 0 Å². The van der Waals surface area contributed by atoms with Crippen LogP contribution in [0.4, 0.5) is 0 Å². The second kappa shape index (κ2) is 12.5. The van der Waals surface area contributed by atoms with Gasteiger partial charge in [-0.3, -0.25) is 0 Å². The van der Waals surface area contributed by atoms with Gasteiger partial charge in [0.15, 0.2) is 0 Å². The van der Waals surface area contributed by atoms with Gasteiger partial charge >= 0.3 is 0 Å². The van der Waals surface area contributed by atoms with Crippen molar-refractivity contribution in [3.8, 4) is 27.9 Å². The highest BCUT2D eigenvalue weighted by molar-refractivity contribution is 6.43. The van der Waals surface area contributed by atoms with Gasteiger partial charge in [-0.15, -0.1) is 0 Å². The lowest BCUT2D eigenvalue weighted by Crippen LogP contribution is -1.97. The predicted octanol–water partition coefficient (Wildman–Crippen LogP) is 13.4. The summed E-state index contributed by atoms with van der Waals surface area (Å²) < 4.78 is 1.98. The van der Waals surface area contributed by atoms with E-state index < -0.39 is 0 Å². The largest absolute Gasteiger partial charge is 0.355 e. The fourth-order valence-electron chi connectivity index (χ4n) is 6.11. The van der Waals surface area contributed by atoms with E-state index in [0.717, 1.165) is 22.4 Å². The van der Waals surface area contributed by atoms with Crippen molar-refractivity contribution in [2.24, 2.45) is 0 Å². The van der Waals surface area contributed by atoms with Crippen LogP contribution < -0.4 is 0 Å². The van der Waals surface area contributed by atoms with E-state index in [4.69, 9.17) is 79.6 Å². The van der Waals surface area contributed by atoms with Gasteiger partial charge in [-0.25, -0.2) is 9.97 Å². The molecule has 0 spiro atoms. The van der Waals surface area contributed by atoms with Crippen LogP contribution in [0.5, 0.6) is 0 Å². The highest BCUT2D eigenvalue weighted by atomic mass is 35.5. The standard InChI is InChI=1S/C38H20Cl6N4/c39-26-4-1-5-27(40)34(26)36-32-18-24-14-12-22(46-24)16-20-10-11-21(45-20)17-23-13-15-25(47-23)19-33(37(36)35-28(41)6-2-7-29(35)42)48(32)38-30(43)8-3-9-31(38)44/h1-19,45H. The maximum absolute atomic E-state index is 7.03. The monoisotopic (exact) mass is 742 g/mol. The highest BCUT2D eigenvalue weighted by Gasteiger charge is 2.28. The molecule has 3 aromatic heterocycles. The third-order valence-corrected chi connectivity index (χ3v) is 9.97. The molecule has 2 aliphatic heterocycles. The Balaban J connectivity index is 1.71. The number of nitrogens with zero attached hydrogens (tertiary/aromatic N) is 3. The Morgan fingerprint density at radius 1 is 0.417 bits per heavy atom. The van der Waals surface area contributed by atoms with Gasteiger partial charge in [-0.05, 0) is 97.1 Å². The smallest absolute Gasteiger partial charge is 0.0835 e. The van der Waals surface area contributed by atoms with E-state index >= 15 is 0 Å². The summed E-state index contributed by atoms with van der Waals surface area (Å²) in [5.74, 6) is 0. The molecule has 2 aliphatic rings. The summed E-state index contributed by atoms with van der Waals surface area (Å²) in [6.07, 6.45) is 7.80. The van der Waals surface area contributed by atoms with Crippen molar-refractivity contribution in [3.63, 3.8) is 0 Å². The number of aromatic amines is 1. The molecular weight excluding hydrogens is 725 g/mol. The van der Waals surface area contributed by atoms with Crippen LogP contribution in [0.3, 0.4) is 0 Å². The third-order valence-electron chi connectivity index (χ3n) is 8.10. The van der Waals surface area contributed by atoms with Gasteiger partial charge in [0.1, 0.15) is 0 Å².